The van der Waals surface area contributed by atoms with E-state index in [1.165, 1.54) is 12.8 Å². The monoisotopic (exact) mass is 358 g/mol. The Kier molecular flexibility index (Phi) is 8.44. The highest BCUT2D eigenvalue weighted by atomic mass is 16.6. The highest BCUT2D eigenvalue weighted by molar-refractivity contribution is 5.68. The van der Waals surface area contributed by atoms with Crippen LogP contribution < -0.4 is 5.32 Å². The van der Waals surface area contributed by atoms with Crippen LogP contribution in [0.15, 0.2) is 35.2 Å². The first-order valence-electron chi connectivity index (χ1n) is 8.71. The fourth-order valence-electron chi connectivity index (χ4n) is 1.93. The second kappa shape index (κ2) is 10.3. The van der Waals surface area contributed by atoms with Gasteiger partial charge < -0.3 is 14.5 Å². The maximum atomic E-state index is 11.5. The maximum absolute atomic E-state index is 11.5. The molecule has 0 radical (unpaired) electrons. The lowest BCUT2D eigenvalue weighted by Crippen LogP contribution is -2.32. The quantitative estimate of drug-likeness (QED) is 0.751. The van der Waals surface area contributed by atoms with Crippen molar-refractivity contribution >= 4 is 6.09 Å². The molecule has 1 heterocycles. The molecule has 0 spiro atoms. The first kappa shape index (κ1) is 21.3. The highest BCUT2D eigenvalue weighted by Gasteiger charge is 2.15. The molecule has 0 aliphatic rings. The van der Waals surface area contributed by atoms with Gasteiger partial charge >= 0.3 is 6.09 Å². The van der Waals surface area contributed by atoms with Crippen molar-refractivity contribution in [3.63, 3.8) is 0 Å². The number of nitrogens with one attached hydrogen (secondary N) is 1. The molecule has 1 aromatic carbocycles. The van der Waals surface area contributed by atoms with Crippen LogP contribution in [0.2, 0.25) is 0 Å². The number of alkyl carbamates (subject to hydrolysis) is 1. The minimum atomic E-state index is -0.514. The number of ether oxygens (including phenoxy) is 1. The lowest BCUT2D eigenvalue weighted by molar-refractivity contribution is 0.0535. The zero-order chi connectivity index (χ0) is 19.6. The zero-order valence-electron chi connectivity index (χ0n) is 16.5. The summed E-state index contributed by atoms with van der Waals surface area (Å²) in [6.07, 6.45) is 3.84. The third kappa shape index (κ3) is 8.39. The Balaban J connectivity index is 0.00000158. The summed E-state index contributed by atoms with van der Waals surface area (Å²) < 4.78 is 10.4. The van der Waals surface area contributed by atoms with Crippen LogP contribution in [0.5, 0.6) is 0 Å². The predicted molar refractivity (Wildman–Crippen MR) is 106 cm³/mol. The van der Waals surface area contributed by atoms with Crippen molar-refractivity contribution in [3.8, 4) is 23.2 Å². The van der Waals surface area contributed by atoms with E-state index < -0.39 is 11.7 Å². The van der Waals surface area contributed by atoms with Crippen molar-refractivity contribution < 1.29 is 15.4 Å². The number of carbonyl (C=O) groups is 1. The summed E-state index contributed by atoms with van der Waals surface area (Å²) in [6.45, 7) is 11.9. The minimum absolute atomic E-state index is 0. The first-order valence-corrected chi connectivity index (χ1v) is 8.71. The molecular formula is C21H30N2O3. The molecule has 0 saturated carbocycles. The highest BCUT2D eigenvalue weighted by Crippen LogP contribution is 2.21. The van der Waals surface area contributed by atoms with E-state index >= 15 is 0 Å². The number of amides is 1. The number of oxazole rings is 1. The molecule has 0 aliphatic carbocycles. The molecule has 5 heteroatoms. The smallest absolute Gasteiger partial charge is 0.408 e. The maximum Gasteiger partial charge on any atom is 0.408 e. The van der Waals surface area contributed by atoms with Gasteiger partial charge in [-0.1, -0.05) is 32.1 Å². The number of nitrogens with zero attached hydrogens (tertiary/aromatic N) is 1. The van der Waals surface area contributed by atoms with Gasteiger partial charge in [-0.3, -0.25) is 0 Å². The molecule has 5 nitrogen and oxygen atoms in total. The van der Waals surface area contributed by atoms with Crippen LogP contribution in [-0.2, 0) is 4.74 Å². The van der Waals surface area contributed by atoms with E-state index in [9.17, 15) is 4.79 Å². The molecule has 1 amide bonds. The van der Waals surface area contributed by atoms with Crippen molar-refractivity contribution in [2.75, 3.05) is 6.54 Å². The van der Waals surface area contributed by atoms with Gasteiger partial charge in [0.2, 0.25) is 0 Å². The van der Waals surface area contributed by atoms with E-state index in [1.54, 1.807) is 6.20 Å². The summed E-state index contributed by atoms with van der Waals surface area (Å²) in [5, 5.41) is 2.60. The van der Waals surface area contributed by atoms with Crippen LogP contribution in [0.25, 0.3) is 11.3 Å². The summed E-state index contributed by atoms with van der Waals surface area (Å²) in [4.78, 5) is 15.4. The van der Waals surface area contributed by atoms with Crippen molar-refractivity contribution in [2.24, 2.45) is 0 Å². The second-order valence-electron chi connectivity index (χ2n) is 6.82. The molecule has 0 aliphatic heterocycles. The zero-order valence-corrected chi connectivity index (χ0v) is 16.5. The van der Waals surface area contributed by atoms with E-state index in [2.05, 4.69) is 36.0 Å². The molecule has 2 rings (SSSR count). The number of aromatic nitrogens is 1. The van der Waals surface area contributed by atoms with Gasteiger partial charge in [0.1, 0.15) is 5.60 Å². The standard InChI is InChI=1S/C18H20N2O3.C3H8.H2/c1-13-8-14(10-15(9-13)16-11-19-12-22-16)6-5-7-20-17(21)23-18(2,3)4;1-3-2;/h8-12H,7H2,1-4H3,(H,20,21);3H2,1-2H3;1H. The van der Waals surface area contributed by atoms with E-state index in [1.807, 2.05) is 45.9 Å². The SMILES string of the molecule is CCC.Cc1cc(C#CCNC(=O)OC(C)(C)C)cc(-c2cnco2)c1.[HH]. The topological polar surface area (TPSA) is 64.4 Å². The molecule has 0 bridgehead atoms. The number of hydrogen-bond donors (Lipinski definition) is 1. The van der Waals surface area contributed by atoms with Gasteiger partial charge in [-0.2, -0.15) is 0 Å². The molecule has 142 valence electrons. The van der Waals surface area contributed by atoms with E-state index in [4.69, 9.17) is 9.15 Å². The van der Waals surface area contributed by atoms with E-state index in [-0.39, 0.29) is 7.97 Å². The molecule has 0 atom stereocenters. The van der Waals surface area contributed by atoms with Crippen molar-refractivity contribution in [1.82, 2.24) is 10.3 Å². The van der Waals surface area contributed by atoms with Crippen LogP contribution in [0, 0.1) is 18.8 Å². The number of rotatable bonds is 2. The second-order valence-corrected chi connectivity index (χ2v) is 6.82. The Morgan fingerprint density at radius 1 is 1.31 bits per heavy atom. The molecule has 0 saturated heterocycles. The fourth-order valence-corrected chi connectivity index (χ4v) is 1.93. The third-order valence-corrected chi connectivity index (χ3v) is 2.75. The number of hydrogen-bond acceptors (Lipinski definition) is 4. The van der Waals surface area contributed by atoms with Crippen LogP contribution in [0.4, 0.5) is 4.79 Å². The number of benzene rings is 1. The molecule has 0 unspecified atom stereocenters. The van der Waals surface area contributed by atoms with Gasteiger partial charge in [-0.15, -0.1) is 0 Å². The molecule has 2 aromatic rings. The minimum Gasteiger partial charge on any atom is -0.444 e. The Labute approximate surface area is 157 Å². The number of carbonyl (C=O) groups excluding carboxylic acids is 1. The third-order valence-electron chi connectivity index (χ3n) is 2.75. The van der Waals surface area contributed by atoms with Crippen molar-refractivity contribution in [2.45, 2.75) is 53.6 Å². The molecular weight excluding hydrogens is 328 g/mol. The number of aryl methyl sites for hydroxylation is 1. The normalized spacial score (nSPS) is 10.1. The largest absolute Gasteiger partial charge is 0.444 e. The van der Waals surface area contributed by atoms with Crippen molar-refractivity contribution in [3.05, 3.63) is 41.9 Å². The molecule has 26 heavy (non-hydrogen) atoms. The molecule has 0 fully saturated rings. The average Bonchev–Trinajstić information content (AvgIpc) is 3.04. The van der Waals surface area contributed by atoms with E-state index in [0.29, 0.717) is 5.76 Å². The molecule has 1 aromatic heterocycles. The van der Waals surface area contributed by atoms with Crippen LogP contribution in [-0.4, -0.2) is 23.2 Å². The van der Waals surface area contributed by atoms with Crippen LogP contribution in [0.3, 0.4) is 0 Å². The predicted octanol–water partition coefficient (Wildman–Crippen LogP) is 5.19. The van der Waals surface area contributed by atoms with Gasteiger partial charge in [-0.05, 0) is 51.5 Å². The van der Waals surface area contributed by atoms with Crippen LogP contribution >= 0.6 is 0 Å². The first-order chi connectivity index (χ1) is 12.2. The van der Waals surface area contributed by atoms with E-state index in [0.717, 1.165) is 16.7 Å². The lowest BCUT2D eigenvalue weighted by atomic mass is 10.1. The van der Waals surface area contributed by atoms with Gasteiger partial charge in [0.15, 0.2) is 12.2 Å². The Bertz CT molecular complexity index is 754. The van der Waals surface area contributed by atoms with Gasteiger partial charge in [0, 0.05) is 12.6 Å². The summed E-state index contributed by atoms with van der Waals surface area (Å²) in [7, 11) is 0. The van der Waals surface area contributed by atoms with Gasteiger partial charge in [-0.25, -0.2) is 9.78 Å². The summed E-state index contributed by atoms with van der Waals surface area (Å²) in [5.41, 5.74) is 2.33. The molecule has 1 N–H and O–H groups in total. The lowest BCUT2D eigenvalue weighted by Gasteiger charge is -2.19. The summed E-state index contributed by atoms with van der Waals surface area (Å²) in [5.74, 6) is 6.63. The summed E-state index contributed by atoms with van der Waals surface area (Å²) in [6, 6.07) is 5.90. The fraction of sp³-hybridized carbons (Fsp3) is 0.429. The Morgan fingerprint density at radius 2 is 2.00 bits per heavy atom. The Hall–Kier alpha value is -2.74. The van der Waals surface area contributed by atoms with Crippen molar-refractivity contribution in [1.29, 1.82) is 0 Å². The van der Waals surface area contributed by atoms with Gasteiger partial charge in [0.05, 0.1) is 12.7 Å². The summed E-state index contributed by atoms with van der Waals surface area (Å²) >= 11 is 0. The average molecular weight is 358 g/mol. The Morgan fingerprint density at radius 3 is 2.58 bits per heavy atom. The van der Waals surface area contributed by atoms with Gasteiger partial charge in [0.25, 0.3) is 0 Å². The van der Waals surface area contributed by atoms with Crippen LogP contribution in [0.1, 0.15) is 53.6 Å².